The molecule has 0 aromatic heterocycles. The highest BCUT2D eigenvalue weighted by Crippen LogP contribution is 2.35. The molecule has 9 heteroatoms. The molecule has 1 aliphatic heterocycles. The monoisotopic (exact) mass is 476 g/mol. The average Bonchev–Trinajstić information content (AvgIpc) is 2.76. The Kier molecular flexibility index (Phi) is 8.07. The van der Waals surface area contributed by atoms with Gasteiger partial charge in [0.15, 0.2) is 0 Å². The highest BCUT2D eigenvalue weighted by atomic mass is 35.5. The number of aryl methyl sites for hydroxylation is 1. The van der Waals surface area contributed by atoms with Crippen molar-refractivity contribution >= 4 is 29.1 Å². The highest BCUT2D eigenvalue weighted by molar-refractivity contribution is 6.32. The molecule has 1 heterocycles. The van der Waals surface area contributed by atoms with Crippen molar-refractivity contribution in [3.05, 3.63) is 70.1 Å². The Morgan fingerprint density at radius 3 is 2.79 bits per heavy atom. The maximum atomic E-state index is 13.8. The Morgan fingerprint density at radius 1 is 1.33 bits per heavy atom. The molecular weight excluding hydrogens is 451 g/mol. The molecule has 3 rings (SSSR count). The Balaban J connectivity index is 1.85. The van der Waals surface area contributed by atoms with Gasteiger partial charge in [0.05, 0.1) is 11.6 Å². The predicted molar refractivity (Wildman–Crippen MR) is 123 cm³/mol. The van der Waals surface area contributed by atoms with Gasteiger partial charge in [-0.1, -0.05) is 23.7 Å². The number of anilines is 1. The van der Waals surface area contributed by atoms with Gasteiger partial charge in [0.1, 0.15) is 24.3 Å². The lowest BCUT2D eigenvalue weighted by Gasteiger charge is -2.28. The lowest BCUT2D eigenvalue weighted by molar-refractivity contribution is -0.128. The number of hydrogen-bond acceptors (Lipinski definition) is 5. The quantitative estimate of drug-likeness (QED) is 0.607. The van der Waals surface area contributed by atoms with Gasteiger partial charge < -0.3 is 24.8 Å². The molecule has 0 saturated carbocycles. The second-order valence-corrected chi connectivity index (χ2v) is 8.28. The summed E-state index contributed by atoms with van der Waals surface area (Å²) in [5, 5.41) is 13.0. The van der Waals surface area contributed by atoms with E-state index in [-0.39, 0.29) is 25.5 Å². The highest BCUT2D eigenvalue weighted by Gasteiger charge is 2.31. The normalized spacial score (nSPS) is 16.9. The van der Waals surface area contributed by atoms with E-state index in [1.54, 1.807) is 38.2 Å². The number of aliphatic hydroxyl groups excluding tert-OH is 1. The number of aliphatic hydroxyl groups is 1. The number of rotatable bonds is 8. The molecule has 2 aromatic carbocycles. The van der Waals surface area contributed by atoms with Crippen LogP contribution in [0, 0.1) is 12.7 Å². The average molecular weight is 477 g/mol. The Morgan fingerprint density at radius 2 is 2.09 bits per heavy atom. The van der Waals surface area contributed by atoms with Gasteiger partial charge in [-0.05, 0) is 36.2 Å². The minimum atomic E-state index is -0.835. The largest absolute Gasteiger partial charge is 0.489 e. The van der Waals surface area contributed by atoms with Crippen LogP contribution in [0.15, 0.2) is 48.2 Å². The van der Waals surface area contributed by atoms with Gasteiger partial charge in [0.2, 0.25) is 5.91 Å². The molecule has 0 aliphatic carbocycles. The standard InChI is InChI=1S/C24H26ClFN2O5/c1-14-7-20(25)22(33-13-17(29)12-32-3)10-21(14)27-24(31)19-11-28(2)23(30)9-18(19)15-5-4-6-16(26)8-15/h4-8,10-11,17-18,29H,9,12-13H2,1-3H3,(H,27,31)/t17-,18-/m0/s1. The second-order valence-electron chi connectivity index (χ2n) is 7.87. The number of carbonyl (C=O) groups excluding carboxylic acids is 2. The van der Waals surface area contributed by atoms with Crippen molar-refractivity contribution in [2.24, 2.45) is 0 Å². The van der Waals surface area contributed by atoms with Crippen LogP contribution >= 0.6 is 11.6 Å². The summed E-state index contributed by atoms with van der Waals surface area (Å²) in [6, 6.07) is 9.10. The number of hydrogen-bond donors (Lipinski definition) is 2. The van der Waals surface area contributed by atoms with Gasteiger partial charge in [0.25, 0.3) is 5.91 Å². The number of ether oxygens (including phenoxy) is 2. The zero-order valence-corrected chi connectivity index (χ0v) is 19.4. The number of nitrogens with one attached hydrogen (secondary N) is 1. The molecule has 2 amide bonds. The molecule has 0 radical (unpaired) electrons. The molecule has 0 saturated heterocycles. The van der Waals surface area contributed by atoms with E-state index in [4.69, 9.17) is 21.1 Å². The number of amides is 2. The minimum Gasteiger partial charge on any atom is -0.489 e. The van der Waals surface area contributed by atoms with Gasteiger partial charge >= 0.3 is 0 Å². The zero-order chi connectivity index (χ0) is 24.1. The Labute approximate surface area is 196 Å². The Bertz CT molecular complexity index is 1070. The van der Waals surface area contributed by atoms with E-state index in [0.717, 1.165) is 0 Å². The van der Waals surface area contributed by atoms with Crippen molar-refractivity contribution in [3.8, 4) is 5.75 Å². The van der Waals surface area contributed by atoms with Crippen molar-refractivity contribution in [2.45, 2.75) is 25.4 Å². The molecule has 0 unspecified atom stereocenters. The summed E-state index contributed by atoms with van der Waals surface area (Å²) in [6.07, 6.45) is 0.684. The summed E-state index contributed by atoms with van der Waals surface area (Å²) < 4.78 is 24.3. The molecule has 2 aromatic rings. The van der Waals surface area contributed by atoms with Crippen LogP contribution in [0.25, 0.3) is 0 Å². The first-order valence-electron chi connectivity index (χ1n) is 10.3. The molecule has 33 heavy (non-hydrogen) atoms. The maximum Gasteiger partial charge on any atom is 0.253 e. The lowest BCUT2D eigenvalue weighted by Crippen LogP contribution is -2.33. The SMILES string of the molecule is COC[C@H](O)COc1cc(NC(=O)C2=CN(C)C(=O)C[C@H]2c2cccc(F)c2)c(C)cc1Cl. The first-order valence-corrected chi connectivity index (χ1v) is 10.7. The van der Waals surface area contributed by atoms with Crippen LogP contribution in [-0.2, 0) is 14.3 Å². The van der Waals surface area contributed by atoms with Crippen LogP contribution in [0.5, 0.6) is 5.75 Å². The Hall–Kier alpha value is -2.94. The van der Waals surface area contributed by atoms with E-state index in [9.17, 15) is 19.1 Å². The first kappa shape index (κ1) is 24.7. The molecule has 0 bridgehead atoms. The van der Waals surface area contributed by atoms with Crippen LogP contribution < -0.4 is 10.1 Å². The van der Waals surface area contributed by atoms with E-state index >= 15 is 0 Å². The van der Waals surface area contributed by atoms with Crippen LogP contribution in [0.2, 0.25) is 5.02 Å². The third-order valence-corrected chi connectivity index (χ3v) is 5.61. The van der Waals surface area contributed by atoms with E-state index < -0.39 is 23.7 Å². The number of carbonyl (C=O) groups is 2. The molecule has 0 fully saturated rings. The molecule has 176 valence electrons. The minimum absolute atomic E-state index is 0.0380. The predicted octanol–water partition coefficient (Wildman–Crippen LogP) is 3.64. The van der Waals surface area contributed by atoms with E-state index in [1.165, 1.54) is 30.3 Å². The summed E-state index contributed by atoms with van der Waals surface area (Å²) in [5.74, 6) is -1.34. The van der Waals surface area contributed by atoms with Gasteiger partial charge in [-0.25, -0.2) is 4.39 Å². The van der Waals surface area contributed by atoms with E-state index in [2.05, 4.69) is 5.32 Å². The molecule has 7 nitrogen and oxygen atoms in total. The van der Waals surface area contributed by atoms with Crippen LogP contribution in [-0.4, -0.2) is 55.3 Å². The summed E-state index contributed by atoms with van der Waals surface area (Å²) in [6.45, 7) is 1.85. The third kappa shape index (κ3) is 6.10. The van der Waals surface area contributed by atoms with Gasteiger partial charge in [-0.3, -0.25) is 9.59 Å². The zero-order valence-electron chi connectivity index (χ0n) is 18.6. The fraction of sp³-hybridized carbons (Fsp3) is 0.333. The van der Waals surface area contributed by atoms with Crippen LogP contribution in [0.4, 0.5) is 10.1 Å². The number of methoxy groups -OCH3 is 1. The van der Waals surface area contributed by atoms with Crippen molar-refractivity contribution in [2.75, 3.05) is 32.7 Å². The molecule has 2 atom stereocenters. The summed E-state index contributed by atoms with van der Waals surface area (Å²) in [7, 11) is 3.04. The number of benzene rings is 2. The van der Waals surface area contributed by atoms with Crippen molar-refractivity contribution < 1.29 is 28.6 Å². The maximum absolute atomic E-state index is 13.8. The van der Waals surface area contributed by atoms with E-state index in [0.29, 0.717) is 33.2 Å². The second kappa shape index (κ2) is 10.8. The molecule has 2 N–H and O–H groups in total. The fourth-order valence-corrected chi connectivity index (χ4v) is 3.83. The smallest absolute Gasteiger partial charge is 0.253 e. The van der Waals surface area contributed by atoms with Gasteiger partial charge in [-0.2, -0.15) is 0 Å². The van der Waals surface area contributed by atoms with Gasteiger partial charge in [-0.15, -0.1) is 0 Å². The van der Waals surface area contributed by atoms with Gasteiger partial charge in [0, 0.05) is 50.0 Å². The van der Waals surface area contributed by atoms with Crippen LogP contribution in [0.3, 0.4) is 0 Å². The number of halogens is 2. The fourth-order valence-electron chi connectivity index (χ4n) is 3.56. The summed E-state index contributed by atoms with van der Waals surface area (Å²) >= 11 is 6.26. The summed E-state index contributed by atoms with van der Waals surface area (Å²) in [5.41, 5.74) is 2.03. The topological polar surface area (TPSA) is 88.1 Å². The molecular formula is C24H26ClFN2O5. The third-order valence-electron chi connectivity index (χ3n) is 5.31. The van der Waals surface area contributed by atoms with Crippen molar-refractivity contribution in [1.29, 1.82) is 0 Å². The summed E-state index contributed by atoms with van der Waals surface area (Å²) in [4.78, 5) is 26.9. The van der Waals surface area contributed by atoms with Crippen molar-refractivity contribution in [3.63, 3.8) is 0 Å². The molecule has 1 aliphatic rings. The number of nitrogens with zero attached hydrogens (tertiary/aromatic N) is 1. The first-order chi connectivity index (χ1) is 15.7. The van der Waals surface area contributed by atoms with E-state index in [1.807, 2.05) is 0 Å². The molecule has 0 spiro atoms. The lowest BCUT2D eigenvalue weighted by atomic mass is 9.85. The van der Waals surface area contributed by atoms with Crippen LogP contribution in [0.1, 0.15) is 23.5 Å². The van der Waals surface area contributed by atoms with Crippen molar-refractivity contribution in [1.82, 2.24) is 4.90 Å².